The van der Waals surface area contributed by atoms with Gasteiger partial charge in [-0.25, -0.2) is 4.98 Å². The average molecular weight is 402 g/mol. The first-order chi connectivity index (χ1) is 14.5. The fourth-order valence-corrected chi connectivity index (χ4v) is 3.31. The van der Waals surface area contributed by atoms with Crippen LogP contribution in [0.2, 0.25) is 0 Å². The molecule has 0 radical (unpaired) electrons. The minimum absolute atomic E-state index is 0.322. The van der Waals surface area contributed by atoms with Crippen molar-refractivity contribution in [1.82, 2.24) is 4.98 Å². The molecule has 0 unspecified atom stereocenters. The van der Waals surface area contributed by atoms with Crippen LogP contribution in [0.4, 0.5) is 5.69 Å². The first-order valence-corrected chi connectivity index (χ1v) is 9.50. The van der Waals surface area contributed by atoms with Gasteiger partial charge in [0.1, 0.15) is 22.6 Å². The highest BCUT2D eigenvalue weighted by atomic mass is 16.5. The number of aromatic nitrogens is 1. The van der Waals surface area contributed by atoms with Crippen LogP contribution in [-0.2, 0) is 0 Å². The molecule has 0 saturated heterocycles. The largest absolute Gasteiger partial charge is 0.496 e. The molecule has 4 aromatic rings. The Balaban J connectivity index is 1.70. The summed E-state index contributed by atoms with van der Waals surface area (Å²) in [6, 6.07) is 16.8. The second-order valence-electron chi connectivity index (χ2n) is 7.01. The Morgan fingerprint density at radius 1 is 0.967 bits per heavy atom. The molecule has 30 heavy (non-hydrogen) atoms. The Morgan fingerprint density at radius 2 is 1.70 bits per heavy atom. The van der Waals surface area contributed by atoms with Crippen molar-refractivity contribution in [3.8, 4) is 23.0 Å². The van der Waals surface area contributed by atoms with Crippen molar-refractivity contribution in [2.75, 3.05) is 19.5 Å². The van der Waals surface area contributed by atoms with Crippen LogP contribution in [0, 0.1) is 13.8 Å². The molecule has 1 N–H and O–H groups in total. The van der Waals surface area contributed by atoms with E-state index in [-0.39, 0.29) is 5.91 Å². The highest BCUT2D eigenvalue weighted by Crippen LogP contribution is 2.31. The molecule has 3 aromatic carbocycles. The van der Waals surface area contributed by atoms with Crippen molar-refractivity contribution in [2.24, 2.45) is 0 Å². The Kier molecular flexibility index (Phi) is 5.14. The Labute approximate surface area is 174 Å². The Morgan fingerprint density at radius 3 is 2.40 bits per heavy atom. The molecular formula is C24H22N2O4. The first kappa shape index (κ1) is 19.5. The number of rotatable bonds is 5. The van der Waals surface area contributed by atoms with Crippen molar-refractivity contribution in [3.63, 3.8) is 0 Å². The lowest BCUT2D eigenvalue weighted by Gasteiger charge is -2.14. The van der Waals surface area contributed by atoms with Gasteiger partial charge < -0.3 is 19.2 Å². The predicted molar refractivity (Wildman–Crippen MR) is 116 cm³/mol. The van der Waals surface area contributed by atoms with Crippen molar-refractivity contribution in [3.05, 3.63) is 71.3 Å². The van der Waals surface area contributed by atoms with Gasteiger partial charge in [0.2, 0.25) is 5.89 Å². The van der Waals surface area contributed by atoms with E-state index in [4.69, 9.17) is 13.9 Å². The van der Waals surface area contributed by atoms with Crippen LogP contribution >= 0.6 is 0 Å². The summed E-state index contributed by atoms with van der Waals surface area (Å²) in [6.07, 6.45) is 0. The van der Waals surface area contributed by atoms with E-state index < -0.39 is 0 Å². The summed E-state index contributed by atoms with van der Waals surface area (Å²) in [7, 11) is 3.04. The molecule has 0 atom stereocenters. The summed E-state index contributed by atoms with van der Waals surface area (Å²) < 4.78 is 16.6. The van der Waals surface area contributed by atoms with E-state index in [1.807, 2.05) is 50.2 Å². The van der Waals surface area contributed by atoms with Gasteiger partial charge >= 0.3 is 0 Å². The van der Waals surface area contributed by atoms with Crippen molar-refractivity contribution in [2.45, 2.75) is 13.8 Å². The van der Waals surface area contributed by atoms with Gasteiger partial charge in [-0.3, -0.25) is 4.79 Å². The third-order valence-electron chi connectivity index (χ3n) is 4.93. The number of fused-ring (bicyclic) bond motifs is 1. The van der Waals surface area contributed by atoms with Gasteiger partial charge in [0, 0.05) is 11.3 Å². The maximum atomic E-state index is 13.0. The minimum Gasteiger partial charge on any atom is -0.496 e. The zero-order chi connectivity index (χ0) is 21.3. The quantitative estimate of drug-likeness (QED) is 0.485. The number of amides is 1. The molecule has 0 aliphatic rings. The van der Waals surface area contributed by atoms with Gasteiger partial charge in [0.05, 0.1) is 14.2 Å². The van der Waals surface area contributed by atoms with Crippen molar-refractivity contribution in [1.29, 1.82) is 0 Å². The van der Waals surface area contributed by atoms with Gasteiger partial charge in [0.25, 0.3) is 5.91 Å². The van der Waals surface area contributed by atoms with Gasteiger partial charge in [-0.05, 0) is 61.4 Å². The van der Waals surface area contributed by atoms with Gasteiger partial charge in [0.15, 0.2) is 5.58 Å². The number of ether oxygens (including phenoxy) is 2. The summed E-state index contributed by atoms with van der Waals surface area (Å²) in [5, 5.41) is 2.96. The topological polar surface area (TPSA) is 73.6 Å². The third kappa shape index (κ3) is 3.59. The molecule has 0 aliphatic carbocycles. The fraction of sp³-hybridized carbons (Fsp3) is 0.167. The molecule has 0 bridgehead atoms. The molecule has 1 aromatic heterocycles. The molecule has 1 amide bonds. The van der Waals surface area contributed by atoms with Crippen LogP contribution in [0.3, 0.4) is 0 Å². The molecular weight excluding hydrogens is 380 g/mol. The fourth-order valence-electron chi connectivity index (χ4n) is 3.31. The number of methoxy groups -OCH3 is 2. The van der Waals surface area contributed by atoms with Gasteiger partial charge in [-0.2, -0.15) is 0 Å². The van der Waals surface area contributed by atoms with Crippen LogP contribution in [0.1, 0.15) is 21.5 Å². The maximum absolute atomic E-state index is 13.0. The summed E-state index contributed by atoms with van der Waals surface area (Å²) in [5.74, 6) is 1.06. The smallest absolute Gasteiger partial charge is 0.263 e. The van der Waals surface area contributed by atoms with E-state index in [2.05, 4.69) is 10.3 Å². The van der Waals surface area contributed by atoms with Crippen LogP contribution in [0.15, 0.2) is 59.0 Å². The minimum atomic E-state index is -0.322. The second-order valence-corrected chi connectivity index (χ2v) is 7.01. The molecule has 0 aliphatic heterocycles. The summed E-state index contributed by atoms with van der Waals surface area (Å²) >= 11 is 0. The monoisotopic (exact) mass is 402 g/mol. The summed E-state index contributed by atoms with van der Waals surface area (Å²) in [6.45, 7) is 3.94. The zero-order valence-corrected chi connectivity index (χ0v) is 17.3. The number of anilines is 1. The van der Waals surface area contributed by atoms with E-state index in [1.54, 1.807) is 18.2 Å². The van der Waals surface area contributed by atoms with Crippen LogP contribution in [-0.4, -0.2) is 25.1 Å². The number of carbonyl (C=O) groups excluding carboxylic acids is 1. The van der Waals surface area contributed by atoms with E-state index in [0.29, 0.717) is 28.6 Å². The number of hydrogen-bond donors (Lipinski definition) is 1. The lowest BCUT2D eigenvalue weighted by atomic mass is 10.1. The van der Waals surface area contributed by atoms with Crippen molar-refractivity contribution >= 4 is 22.7 Å². The van der Waals surface area contributed by atoms with E-state index in [1.165, 1.54) is 14.2 Å². The molecule has 6 heteroatoms. The Bertz CT molecular complexity index is 1220. The zero-order valence-electron chi connectivity index (χ0n) is 17.3. The standard InChI is InChI=1S/C24H22N2O4/c1-14-8-11-19-18(12-14)26-24(30-19)16-10-9-15(2)17(13-16)25-23(27)22-20(28-3)6-5-7-21(22)29-4/h5-13H,1-4H3,(H,25,27). The molecule has 0 fully saturated rings. The highest BCUT2D eigenvalue weighted by molar-refractivity contribution is 6.08. The third-order valence-corrected chi connectivity index (χ3v) is 4.93. The molecule has 6 nitrogen and oxygen atoms in total. The first-order valence-electron chi connectivity index (χ1n) is 9.50. The summed E-state index contributed by atoms with van der Waals surface area (Å²) in [5.41, 5.74) is 5.32. The normalized spacial score (nSPS) is 10.8. The van der Waals surface area contributed by atoms with Gasteiger partial charge in [-0.1, -0.05) is 18.2 Å². The molecule has 1 heterocycles. The van der Waals surface area contributed by atoms with Crippen LogP contribution in [0.25, 0.3) is 22.6 Å². The van der Waals surface area contributed by atoms with E-state index >= 15 is 0 Å². The molecule has 152 valence electrons. The lowest BCUT2D eigenvalue weighted by Crippen LogP contribution is -2.15. The van der Waals surface area contributed by atoms with E-state index in [9.17, 15) is 4.79 Å². The molecule has 4 rings (SSSR count). The van der Waals surface area contributed by atoms with E-state index in [0.717, 1.165) is 27.8 Å². The van der Waals surface area contributed by atoms with Gasteiger partial charge in [-0.15, -0.1) is 0 Å². The number of hydrogen-bond acceptors (Lipinski definition) is 5. The number of nitrogens with one attached hydrogen (secondary N) is 1. The number of nitrogens with zero attached hydrogens (tertiary/aromatic N) is 1. The number of carbonyl (C=O) groups is 1. The molecule has 0 spiro atoms. The number of benzene rings is 3. The van der Waals surface area contributed by atoms with Crippen molar-refractivity contribution < 1.29 is 18.7 Å². The highest BCUT2D eigenvalue weighted by Gasteiger charge is 2.19. The second kappa shape index (κ2) is 7.91. The summed E-state index contributed by atoms with van der Waals surface area (Å²) in [4.78, 5) is 17.6. The Hall–Kier alpha value is -3.80. The number of oxazole rings is 1. The molecule has 0 saturated carbocycles. The maximum Gasteiger partial charge on any atom is 0.263 e. The lowest BCUT2D eigenvalue weighted by molar-refractivity contribution is 0.102. The number of aryl methyl sites for hydroxylation is 2. The van der Waals surface area contributed by atoms with Crippen LogP contribution < -0.4 is 14.8 Å². The SMILES string of the molecule is COc1cccc(OC)c1C(=O)Nc1cc(-c2nc3cc(C)ccc3o2)ccc1C. The predicted octanol–water partition coefficient (Wildman–Crippen LogP) is 5.38. The average Bonchev–Trinajstić information content (AvgIpc) is 3.17. The van der Waals surface area contributed by atoms with Crippen LogP contribution in [0.5, 0.6) is 11.5 Å².